The Morgan fingerprint density at radius 3 is 1.89 bits per heavy atom. The second-order valence-electron chi connectivity index (χ2n) is 15.8. The fourth-order valence-electron chi connectivity index (χ4n) is 9.68. The van der Waals surface area contributed by atoms with Gasteiger partial charge in [0.1, 0.15) is 0 Å². The summed E-state index contributed by atoms with van der Waals surface area (Å²) in [5, 5.41) is 3.96. The largest absolute Gasteiger partial charge is 0.313 e. The number of allylic oxidation sites excluding steroid dienone is 7. The maximum absolute atomic E-state index is 2.54. The molecule has 0 aliphatic heterocycles. The number of hydrogen-bond donors (Lipinski definition) is 0. The predicted octanol–water partition coefficient (Wildman–Crippen LogP) is 14.7. The number of benzene rings is 6. The molecule has 0 amide bonds. The van der Waals surface area contributed by atoms with Crippen LogP contribution in [0.4, 0.5) is 0 Å². The standard InChI is InChI=1S/C54H44N2/c1-4-14-37(15-5-1)40-24-28-45(29-25-40)55-51-22-12-10-20-47(51)49-35-41(26-30-53(49)55)42-27-31-54-50(36-42)48-21-11-13-23-52(48)56(54)46-33-43(38-16-6-2-7-17-38)32-44(34-46)39-18-8-3-9-19-39/h1-2,4-7,11-18,21-24,26-28,30-36H,3,8-10,19-20,25,29H2. The molecular formula is C54H44N2. The zero-order valence-corrected chi connectivity index (χ0v) is 31.7. The molecule has 56 heavy (non-hydrogen) atoms. The molecule has 0 radical (unpaired) electrons. The number of hydrogen-bond acceptors (Lipinski definition) is 0. The van der Waals surface area contributed by atoms with E-state index in [0.717, 1.165) is 32.1 Å². The lowest BCUT2D eigenvalue weighted by molar-refractivity contribution is 0.742. The highest BCUT2D eigenvalue weighted by Crippen LogP contribution is 2.42. The van der Waals surface area contributed by atoms with Crippen molar-refractivity contribution in [3.05, 3.63) is 186 Å². The van der Waals surface area contributed by atoms with Crippen molar-refractivity contribution >= 4 is 55.6 Å². The summed E-state index contributed by atoms with van der Waals surface area (Å²) >= 11 is 0. The zero-order valence-electron chi connectivity index (χ0n) is 31.7. The normalized spacial score (nSPS) is 15.5. The Balaban J connectivity index is 1.04. The molecule has 0 N–H and O–H groups in total. The van der Waals surface area contributed by atoms with E-state index in [9.17, 15) is 0 Å². The molecule has 2 nitrogen and oxygen atoms in total. The Labute approximate surface area is 329 Å². The summed E-state index contributed by atoms with van der Waals surface area (Å²) < 4.78 is 5.04. The third kappa shape index (κ3) is 5.63. The highest BCUT2D eigenvalue weighted by molar-refractivity contribution is 6.11. The van der Waals surface area contributed by atoms with Crippen LogP contribution in [0.3, 0.4) is 0 Å². The van der Waals surface area contributed by atoms with Crippen molar-refractivity contribution in [2.45, 2.75) is 51.4 Å². The van der Waals surface area contributed by atoms with E-state index in [4.69, 9.17) is 0 Å². The minimum absolute atomic E-state index is 1.03. The van der Waals surface area contributed by atoms with Crippen molar-refractivity contribution in [2.75, 3.05) is 0 Å². The van der Waals surface area contributed by atoms with E-state index in [-0.39, 0.29) is 0 Å². The monoisotopic (exact) mass is 720 g/mol. The van der Waals surface area contributed by atoms with Gasteiger partial charge in [0.2, 0.25) is 0 Å². The third-order valence-electron chi connectivity index (χ3n) is 12.5. The van der Waals surface area contributed by atoms with Gasteiger partial charge in [-0.05, 0) is 162 Å². The first kappa shape index (κ1) is 33.0. The first-order valence-electron chi connectivity index (χ1n) is 20.5. The van der Waals surface area contributed by atoms with Crippen molar-refractivity contribution in [3.8, 4) is 27.9 Å². The number of fused-ring (bicyclic) bond motifs is 6. The summed E-state index contributed by atoms with van der Waals surface area (Å²) in [5.74, 6) is 0. The van der Waals surface area contributed by atoms with Gasteiger partial charge in [-0.2, -0.15) is 0 Å². The first-order chi connectivity index (χ1) is 27.8. The molecule has 3 aliphatic carbocycles. The van der Waals surface area contributed by atoms with E-state index in [1.807, 2.05) is 0 Å². The molecule has 0 spiro atoms. The Bertz CT molecular complexity index is 2940. The molecular weight excluding hydrogens is 677 g/mol. The van der Waals surface area contributed by atoms with Crippen molar-refractivity contribution in [2.24, 2.45) is 0 Å². The van der Waals surface area contributed by atoms with Crippen molar-refractivity contribution in [1.29, 1.82) is 0 Å². The van der Waals surface area contributed by atoms with Crippen LogP contribution in [0.1, 0.15) is 67.3 Å². The van der Waals surface area contributed by atoms with Crippen molar-refractivity contribution in [1.82, 2.24) is 9.13 Å². The Kier molecular flexibility index (Phi) is 8.09. The van der Waals surface area contributed by atoms with E-state index in [0.29, 0.717) is 0 Å². The second-order valence-corrected chi connectivity index (χ2v) is 15.8. The van der Waals surface area contributed by atoms with Crippen molar-refractivity contribution in [3.63, 3.8) is 0 Å². The fraction of sp³-hybridized carbons (Fsp3) is 0.148. The lowest BCUT2D eigenvalue weighted by Gasteiger charge is -2.19. The first-order valence-corrected chi connectivity index (χ1v) is 20.5. The molecule has 2 aromatic heterocycles. The third-order valence-corrected chi connectivity index (χ3v) is 12.5. The number of aromatic nitrogens is 2. The van der Waals surface area contributed by atoms with Crippen LogP contribution in [-0.4, -0.2) is 9.13 Å². The summed E-state index contributed by atoms with van der Waals surface area (Å²) in [5.41, 5.74) is 19.8. The summed E-state index contributed by atoms with van der Waals surface area (Å²) in [6.45, 7) is 0. The minimum atomic E-state index is 1.03. The molecule has 2 heterocycles. The van der Waals surface area contributed by atoms with Crippen LogP contribution in [0.5, 0.6) is 0 Å². The molecule has 2 heteroatoms. The molecule has 270 valence electrons. The smallest absolute Gasteiger partial charge is 0.0541 e. The van der Waals surface area contributed by atoms with Crippen LogP contribution in [0.2, 0.25) is 0 Å². The average molecular weight is 721 g/mol. The minimum Gasteiger partial charge on any atom is -0.313 e. The maximum atomic E-state index is 2.54. The lowest BCUT2D eigenvalue weighted by Crippen LogP contribution is -2.04. The van der Waals surface area contributed by atoms with E-state index in [1.54, 1.807) is 0 Å². The van der Waals surface area contributed by atoms with Gasteiger partial charge in [0.25, 0.3) is 0 Å². The van der Waals surface area contributed by atoms with Gasteiger partial charge < -0.3 is 9.13 Å². The molecule has 0 atom stereocenters. The lowest BCUT2D eigenvalue weighted by atomic mass is 9.91. The maximum Gasteiger partial charge on any atom is 0.0541 e. The highest BCUT2D eigenvalue weighted by Gasteiger charge is 2.22. The van der Waals surface area contributed by atoms with Gasteiger partial charge in [0.05, 0.1) is 16.6 Å². The molecule has 11 rings (SSSR count). The summed E-state index contributed by atoms with van der Waals surface area (Å²) in [6.07, 6.45) is 21.0. The molecule has 0 saturated heterocycles. The van der Waals surface area contributed by atoms with Gasteiger partial charge >= 0.3 is 0 Å². The summed E-state index contributed by atoms with van der Waals surface area (Å²) in [4.78, 5) is 0. The Morgan fingerprint density at radius 2 is 1.12 bits per heavy atom. The molecule has 0 fully saturated rings. The van der Waals surface area contributed by atoms with Crippen molar-refractivity contribution < 1.29 is 0 Å². The van der Waals surface area contributed by atoms with Crippen LogP contribution < -0.4 is 0 Å². The average Bonchev–Trinajstić information content (AvgIpc) is 3.79. The highest BCUT2D eigenvalue weighted by atomic mass is 15.0. The molecule has 3 aliphatic rings. The van der Waals surface area contributed by atoms with Crippen LogP contribution >= 0.6 is 0 Å². The van der Waals surface area contributed by atoms with Gasteiger partial charge in [-0.3, -0.25) is 0 Å². The van der Waals surface area contributed by atoms with Crippen LogP contribution in [0.15, 0.2) is 164 Å². The summed E-state index contributed by atoms with van der Waals surface area (Å²) in [7, 11) is 0. The van der Waals surface area contributed by atoms with Gasteiger partial charge in [-0.15, -0.1) is 0 Å². The molecule has 8 aromatic rings. The van der Waals surface area contributed by atoms with Crippen LogP contribution in [0, 0.1) is 0 Å². The molecule has 0 bridgehead atoms. The number of aryl methyl sites for hydroxylation is 1. The van der Waals surface area contributed by atoms with E-state index in [1.165, 1.54) is 119 Å². The fourth-order valence-corrected chi connectivity index (χ4v) is 9.68. The Hall–Kier alpha value is -6.38. The number of rotatable bonds is 6. The van der Waals surface area contributed by atoms with Crippen LogP contribution in [0.25, 0.3) is 83.6 Å². The second kappa shape index (κ2) is 13.7. The summed E-state index contributed by atoms with van der Waals surface area (Å²) in [6, 6.07) is 52.2. The zero-order chi connectivity index (χ0) is 37.0. The number of para-hydroxylation sites is 1. The number of nitrogens with zero attached hydrogens (tertiary/aromatic N) is 2. The quantitative estimate of drug-likeness (QED) is 0.162. The Morgan fingerprint density at radius 1 is 0.411 bits per heavy atom. The SMILES string of the molecule is C1=Cc2c(c3cc(-c4ccc5c(c4)c4ccccc4n5-c4cc(C5=CCCCC5)cc(-c5ccccc5)c4)ccc3n2C2=CC=C(c3ccccc3)CC2)CC1. The van der Waals surface area contributed by atoms with E-state index < -0.39 is 0 Å². The van der Waals surface area contributed by atoms with E-state index in [2.05, 4.69) is 179 Å². The van der Waals surface area contributed by atoms with Gasteiger partial charge in [0, 0.05) is 33.2 Å². The molecule has 0 saturated carbocycles. The van der Waals surface area contributed by atoms with E-state index >= 15 is 0 Å². The predicted molar refractivity (Wildman–Crippen MR) is 239 cm³/mol. The van der Waals surface area contributed by atoms with Gasteiger partial charge in [0.15, 0.2) is 0 Å². The molecule has 6 aromatic carbocycles. The van der Waals surface area contributed by atoms with Crippen LogP contribution in [-0.2, 0) is 6.42 Å². The van der Waals surface area contributed by atoms with Gasteiger partial charge in [-0.1, -0.05) is 109 Å². The van der Waals surface area contributed by atoms with Gasteiger partial charge in [-0.25, -0.2) is 0 Å². The molecule has 0 unspecified atom stereocenters. The topological polar surface area (TPSA) is 9.86 Å².